The van der Waals surface area contributed by atoms with Crippen molar-refractivity contribution in [1.29, 1.82) is 0 Å². The maximum Gasteiger partial charge on any atom is 0.303 e. The largest absolute Gasteiger partial charge is 0.497 e. The molecular weight excluding hydrogens is 340 g/mol. The zero-order valence-electron chi connectivity index (χ0n) is 15.8. The monoisotopic (exact) mass is 364 g/mol. The predicted molar refractivity (Wildman–Crippen MR) is 108 cm³/mol. The molecule has 2 aromatic carbocycles. The molecule has 0 saturated carbocycles. The topological polar surface area (TPSA) is 54.7 Å². The van der Waals surface area contributed by atoms with Crippen LogP contribution < -0.4 is 9.64 Å². The average Bonchev–Trinajstić information content (AvgIpc) is 3.10. The highest BCUT2D eigenvalue weighted by Crippen LogP contribution is 2.29. The van der Waals surface area contributed by atoms with E-state index in [1.54, 1.807) is 7.11 Å². The Morgan fingerprint density at radius 2 is 1.67 bits per heavy atom. The lowest BCUT2D eigenvalue weighted by Gasteiger charge is -2.17. The van der Waals surface area contributed by atoms with Crippen molar-refractivity contribution < 1.29 is 14.6 Å². The smallest absolute Gasteiger partial charge is 0.303 e. The van der Waals surface area contributed by atoms with Gasteiger partial charge in [-0.1, -0.05) is 0 Å². The molecule has 0 aliphatic carbocycles. The Balaban J connectivity index is 2.06. The molecule has 1 N–H and O–H groups in total. The number of aryl methyl sites for hydroxylation is 1. The summed E-state index contributed by atoms with van der Waals surface area (Å²) in [6.07, 6.45) is 0.572. The van der Waals surface area contributed by atoms with E-state index < -0.39 is 5.97 Å². The van der Waals surface area contributed by atoms with E-state index in [4.69, 9.17) is 9.84 Å². The molecule has 0 aliphatic heterocycles. The van der Waals surface area contributed by atoms with Crippen LogP contribution in [0.3, 0.4) is 0 Å². The highest BCUT2D eigenvalue weighted by atomic mass is 16.5. The molecule has 5 heteroatoms. The molecule has 0 spiro atoms. The third kappa shape index (κ3) is 4.14. The summed E-state index contributed by atoms with van der Waals surface area (Å²) in [6.45, 7) is 0. The van der Waals surface area contributed by atoms with Gasteiger partial charge in [-0.2, -0.15) is 0 Å². The van der Waals surface area contributed by atoms with Crippen molar-refractivity contribution in [3.63, 3.8) is 0 Å². The summed E-state index contributed by atoms with van der Waals surface area (Å²) in [6, 6.07) is 20.2. The Hall–Kier alpha value is -3.21. The summed E-state index contributed by atoms with van der Waals surface area (Å²) in [7, 11) is 5.66. The van der Waals surface area contributed by atoms with E-state index >= 15 is 0 Å². The standard InChI is InChI=1S/C22H24N2O3/c1-23(2)17-6-8-18(9-7-17)24-19(11-15-22(25)26)10-14-21(24)16-4-12-20(27-3)13-5-16/h4-10,12-14H,11,15H2,1-3H3,(H,25,26). The highest BCUT2D eigenvalue weighted by molar-refractivity contribution is 5.68. The van der Waals surface area contributed by atoms with E-state index in [-0.39, 0.29) is 6.42 Å². The van der Waals surface area contributed by atoms with E-state index in [1.807, 2.05) is 50.5 Å². The number of ether oxygens (including phenoxy) is 1. The fourth-order valence-corrected chi connectivity index (χ4v) is 3.10. The number of nitrogens with zero attached hydrogens (tertiary/aromatic N) is 2. The number of hydrogen-bond acceptors (Lipinski definition) is 3. The average molecular weight is 364 g/mol. The van der Waals surface area contributed by atoms with Crippen LogP contribution in [0.4, 0.5) is 5.69 Å². The van der Waals surface area contributed by atoms with Gasteiger partial charge in [-0.25, -0.2) is 0 Å². The van der Waals surface area contributed by atoms with Crippen LogP contribution in [0, 0.1) is 0 Å². The van der Waals surface area contributed by atoms with Gasteiger partial charge in [0.2, 0.25) is 0 Å². The van der Waals surface area contributed by atoms with Crippen LogP contribution in [0.25, 0.3) is 16.9 Å². The Labute approximate surface area is 159 Å². The van der Waals surface area contributed by atoms with Gasteiger partial charge in [-0.3, -0.25) is 4.79 Å². The van der Waals surface area contributed by atoms with Gasteiger partial charge in [0.05, 0.1) is 19.2 Å². The molecule has 0 radical (unpaired) electrons. The number of rotatable bonds is 7. The van der Waals surface area contributed by atoms with E-state index in [0.29, 0.717) is 6.42 Å². The van der Waals surface area contributed by atoms with Crippen LogP contribution in [0.2, 0.25) is 0 Å². The maximum atomic E-state index is 11.1. The summed E-state index contributed by atoms with van der Waals surface area (Å²) in [5.41, 5.74) is 5.17. The molecule has 0 unspecified atom stereocenters. The summed E-state index contributed by atoms with van der Waals surface area (Å²) >= 11 is 0. The quantitative estimate of drug-likeness (QED) is 0.681. The third-order valence-corrected chi connectivity index (χ3v) is 4.57. The van der Waals surface area contributed by atoms with Crippen molar-refractivity contribution in [3.8, 4) is 22.7 Å². The van der Waals surface area contributed by atoms with Crippen LogP contribution >= 0.6 is 0 Å². The molecule has 0 aliphatic rings. The van der Waals surface area contributed by atoms with Crippen molar-refractivity contribution in [2.45, 2.75) is 12.8 Å². The first-order chi connectivity index (χ1) is 13.0. The minimum atomic E-state index is -0.795. The zero-order chi connectivity index (χ0) is 19.4. The molecule has 5 nitrogen and oxygen atoms in total. The van der Waals surface area contributed by atoms with Crippen LogP contribution in [0.15, 0.2) is 60.7 Å². The van der Waals surface area contributed by atoms with Gasteiger partial charge in [-0.15, -0.1) is 0 Å². The highest BCUT2D eigenvalue weighted by Gasteiger charge is 2.13. The second kappa shape index (κ2) is 7.99. The van der Waals surface area contributed by atoms with Gasteiger partial charge in [0.1, 0.15) is 5.75 Å². The van der Waals surface area contributed by atoms with Crippen molar-refractivity contribution in [2.75, 3.05) is 26.1 Å². The number of hydrogen-bond donors (Lipinski definition) is 1. The summed E-state index contributed by atoms with van der Waals surface area (Å²) in [5, 5.41) is 9.09. The minimum Gasteiger partial charge on any atom is -0.497 e. The number of anilines is 1. The first-order valence-electron chi connectivity index (χ1n) is 8.84. The lowest BCUT2D eigenvalue weighted by molar-refractivity contribution is -0.136. The van der Waals surface area contributed by atoms with Gasteiger partial charge in [0.25, 0.3) is 0 Å². The van der Waals surface area contributed by atoms with Crippen molar-refractivity contribution in [3.05, 3.63) is 66.4 Å². The van der Waals surface area contributed by atoms with E-state index in [2.05, 4.69) is 33.7 Å². The van der Waals surface area contributed by atoms with Crippen molar-refractivity contribution in [1.82, 2.24) is 4.57 Å². The molecule has 1 heterocycles. The van der Waals surface area contributed by atoms with Crippen molar-refractivity contribution in [2.24, 2.45) is 0 Å². The van der Waals surface area contributed by atoms with Gasteiger partial charge >= 0.3 is 5.97 Å². The molecule has 0 fully saturated rings. The molecule has 3 rings (SSSR count). The summed E-state index contributed by atoms with van der Waals surface area (Å²) in [4.78, 5) is 13.1. The first-order valence-corrected chi connectivity index (χ1v) is 8.84. The molecule has 3 aromatic rings. The van der Waals surface area contributed by atoms with Gasteiger partial charge in [0, 0.05) is 31.2 Å². The SMILES string of the molecule is COc1ccc(-c2ccc(CCC(=O)O)n2-c2ccc(N(C)C)cc2)cc1. The lowest BCUT2D eigenvalue weighted by Crippen LogP contribution is -2.09. The fourth-order valence-electron chi connectivity index (χ4n) is 3.10. The number of methoxy groups -OCH3 is 1. The molecule has 27 heavy (non-hydrogen) atoms. The van der Waals surface area contributed by atoms with Gasteiger partial charge < -0.3 is 19.3 Å². The lowest BCUT2D eigenvalue weighted by atomic mass is 10.1. The fraction of sp³-hybridized carbons (Fsp3) is 0.227. The number of benzene rings is 2. The Bertz CT molecular complexity index is 910. The molecule has 1 aromatic heterocycles. The molecule has 0 bridgehead atoms. The third-order valence-electron chi connectivity index (χ3n) is 4.57. The molecular formula is C22H24N2O3. The normalized spacial score (nSPS) is 10.6. The molecule has 140 valence electrons. The maximum absolute atomic E-state index is 11.1. The summed E-state index contributed by atoms with van der Waals surface area (Å²) < 4.78 is 7.38. The number of carboxylic acid groups (broad SMARTS) is 1. The zero-order valence-corrected chi connectivity index (χ0v) is 15.8. The second-order valence-electron chi connectivity index (χ2n) is 6.58. The molecule has 0 amide bonds. The first kappa shape index (κ1) is 18.6. The second-order valence-corrected chi connectivity index (χ2v) is 6.58. The predicted octanol–water partition coefficient (Wildman–Crippen LogP) is 4.24. The Morgan fingerprint density at radius 3 is 2.22 bits per heavy atom. The molecule has 0 atom stereocenters. The van der Waals surface area contributed by atoms with Crippen LogP contribution in [-0.4, -0.2) is 36.8 Å². The van der Waals surface area contributed by atoms with Crippen LogP contribution in [0.1, 0.15) is 12.1 Å². The van der Waals surface area contributed by atoms with Gasteiger partial charge in [-0.05, 0) is 72.6 Å². The van der Waals surface area contributed by atoms with E-state index in [1.165, 1.54) is 0 Å². The van der Waals surface area contributed by atoms with E-state index in [0.717, 1.165) is 34.1 Å². The van der Waals surface area contributed by atoms with Crippen LogP contribution in [0.5, 0.6) is 5.75 Å². The number of aromatic nitrogens is 1. The van der Waals surface area contributed by atoms with Crippen molar-refractivity contribution >= 4 is 11.7 Å². The number of carbonyl (C=O) groups is 1. The number of aliphatic carboxylic acids is 1. The Kier molecular flexibility index (Phi) is 5.50. The van der Waals surface area contributed by atoms with E-state index in [9.17, 15) is 4.79 Å². The Morgan fingerprint density at radius 1 is 1.00 bits per heavy atom. The molecule has 0 saturated heterocycles. The van der Waals surface area contributed by atoms with Gasteiger partial charge in [0.15, 0.2) is 0 Å². The summed E-state index contributed by atoms with van der Waals surface area (Å²) in [5.74, 6) is 0.00926. The van der Waals surface area contributed by atoms with Crippen LogP contribution in [-0.2, 0) is 11.2 Å². The minimum absolute atomic E-state index is 0.0991. The number of carboxylic acids is 1.